The summed E-state index contributed by atoms with van der Waals surface area (Å²) < 4.78 is 19.1. The number of nitrogens with zero attached hydrogens (tertiary/aromatic N) is 6. The molecule has 0 unspecified atom stereocenters. The monoisotopic (exact) mass is 724 g/mol. The van der Waals surface area contributed by atoms with E-state index in [9.17, 15) is 19.2 Å². The predicted octanol–water partition coefficient (Wildman–Crippen LogP) is 5.88. The maximum absolute atomic E-state index is 11.9. The molecule has 5 aromatic rings. The first kappa shape index (κ1) is 37.8. The molecule has 0 bridgehead atoms. The van der Waals surface area contributed by atoms with E-state index in [0.29, 0.717) is 67.8 Å². The van der Waals surface area contributed by atoms with Crippen molar-refractivity contribution in [2.24, 2.45) is 0 Å². The average Bonchev–Trinajstić information content (AvgIpc) is 3.23. The van der Waals surface area contributed by atoms with Crippen LogP contribution in [0.25, 0.3) is 48.6 Å². The lowest BCUT2D eigenvalue weighted by atomic mass is 10.1. The lowest BCUT2D eigenvalue weighted by Crippen LogP contribution is -2.02. The number of aromatic nitrogens is 6. The molecule has 0 saturated carbocycles. The summed E-state index contributed by atoms with van der Waals surface area (Å²) in [5, 5.41) is 0. The van der Waals surface area contributed by atoms with Crippen molar-refractivity contribution in [2.45, 2.75) is 0 Å². The van der Waals surface area contributed by atoms with E-state index in [1.807, 2.05) is 0 Å². The van der Waals surface area contributed by atoms with Crippen LogP contribution in [0.5, 0.6) is 0 Å². The molecule has 5 heterocycles. The molecule has 0 amide bonds. The van der Waals surface area contributed by atoms with Crippen molar-refractivity contribution in [3.63, 3.8) is 0 Å². The van der Waals surface area contributed by atoms with E-state index in [0.717, 1.165) is 0 Å². The Bertz CT molecular complexity index is 1940. The normalized spacial score (nSPS) is 11.3. The number of methoxy groups -OCH3 is 4. The minimum Gasteiger partial charge on any atom is -0.465 e. The van der Waals surface area contributed by atoms with Crippen molar-refractivity contribution in [2.75, 3.05) is 28.4 Å². The molecule has 5 rings (SSSR count). The molecule has 0 spiro atoms. The molecule has 0 fully saturated rings. The van der Waals surface area contributed by atoms with Gasteiger partial charge in [0.2, 0.25) is 0 Å². The van der Waals surface area contributed by atoms with Gasteiger partial charge < -0.3 is 18.9 Å². The average molecular weight is 725 g/mol. The van der Waals surface area contributed by atoms with E-state index < -0.39 is 23.9 Å². The van der Waals surface area contributed by atoms with Crippen LogP contribution in [0, 0.1) is 0 Å². The van der Waals surface area contributed by atoms with Gasteiger partial charge in [0.05, 0.1) is 96.2 Å². The lowest BCUT2D eigenvalue weighted by Gasteiger charge is -2.07. The Labute approximate surface area is 309 Å². The fraction of sp³-hybridized carbons (Fsp3) is 0.100. The van der Waals surface area contributed by atoms with Gasteiger partial charge in [-0.25, -0.2) is 29.1 Å². The molecule has 0 aromatic carbocycles. The van der Waals surface area contributed by atoms with Crippen molar-refractivity contribution in [3.8, 4) is 0 Å². The summed E-state index contributed by atoms with van der Waals surface area (Å²) in [4.78, 5) is 74.8. The topological polar surface area (TPSA) is 183 Å². The molecular weight excluding hydrogens is 692 g/mol. The number of hydrogen-bond donors (Lipinski definition) is 0. The second kappa shape index (κ2) is 18.1. The van der Waals surface area contributed by atoms with Crippen LogP contribution in [0.4, 0.5) is 0 Å². The molecule has 14 nitrogen and oxygen atoms in total. The Hall–Kier alpha value is -7.48. The first-order chi connectivity index (χ1) is 26.2. The number of rotatable bonds is 12. The van der Waals surface area contributed by atoms with Crippen molar-refractivity contribution in [1.29, 1.82) is 0 Å². The Morgan fingerprint density at radius 3 is 0.759 bits per heavy atom. The van der Waals surface area contributed by atoms with Gasteiger partial charge in [0.15, 0.2) is 0 Å². The summed E-state index contributed by atoms with van der Waals surface area (Å²) in [6.45, 7) is 0. The molecule has 270 valence electrons. The highest BCUT2D eigenvalue weighted by Crippen LogP contribution is 2.20. The van der Waals surface area contributed by atoms with Crippen LogP contribution in [0.1, 0.15) is 87.0 Å². The fourth-order valence-electron chi connectivity index (χ4n) is 4.61. The smallest absolute Gasteiger partial charge is 0.339 e. The predicted molar refractivity (Wildman–Crippen MR) is 200 cm³/mol. The summed E-state index contributed by atoms with van der Waals surface area (Å²) in [5.74, 6) is -2.02. The van der Waals surface area contributed by atoms with Gasteiger partial charge in [-0.2, -0.15) is 0 Å². The van der Waals surface area contributed by atoms with E-state index in [1.165, 1.54) is 53.2 Å². The highest BCUT2D eigenvalue weighted by molar-refractivity contribution is 5.91. The standard InChI is InChI=1S/C40H32N6O8/c1-51-37(47)25-5-9-29(41-21-25)13-17-33-34(18-14-30-10-6-26(22-42-30)38(48)52-2)46-36(20-16-32-12-8-28(24-44-32)40(50)54-4)35(45-33)19-15-31-11-7-27(23-43-31)39(49)53-3/h5-24H,1-4H3. The molecule has 0 aliphatic rings. The summed E-state index contributed by atoms with van der Waals surface area (Å²) in [6.07, 6.45) is 19.4. The zero-order valence-electron chi connectivity index (χ0n) is 29.5. The van der Waals surface area contributed by atoms with Crippen LogP contribution >= 0.6 is 0 Å². The molecule has 0 aliphatic heterocycles. The van der Waals surface area contributed by atoms with Crippen molar-refractivity contribution in [3.05, 3.63) is 141 Å². The third-order valence-corrected chi connectivity index (χ3v) is 7.48. The van der Waals surface area contributed by atoms with Gasteiger partial charge in [-0.1, -0.05) is 0 Å². The zero-order chi connectivity index (χ0) is 38.5. The Morgan fingerprint density at radius 1 is 0.370 bits per heavy atom. The van der Waals surface area contributed by atoms with Crippen molar-refractivity contribution in [1.82, 2.24) is 29.9 Å². The van der Waals surface area contributed by atoms with E-state index in [1.54, 1.807) is 97.1 Å². The summed E-state index contributed by atoms with van der Waals surface area (Å²) in [6, 6.07) is 13.1. The number of carbonyl (C=O) groups is 4. The highest BCUT2D eigenvalue weighted by atomic mass is 16.5. The van der Waals surface area contributed by atoms with Crippen LogP contribution < -0.4 is 0 Å². The quantitative estimate of drug-likeness (QED) is 0.110. The van der Waals surface area contributed by atoms with Crippen LogP contribution in [0.2, 0.25) is 0 Å². The Balaban J connectivity index is 1.59. The van der Waals surface area contributed by atoms with Crippen LogP contribution in [0.15, 0.2) is 73.3 Å². The first-order valence-corrected chi connectivity index (χ1v) is 16.0. The number of pyridine rings is 4. The van der Waals surface area contributed by atoms with Crippen LogP contribution in [-0.4, -0.2) is 82.2 Å². The number of hydrogen-bond acceptors (Lipinski definition) is 14. The number of esters is 4. The minimum absolute atomic E-state index is 0.301. The lowest BCUT2D eigenvalue weighted by molar-refractivity contribution is 0.0591. The van der Waals surface area contributed by atoms with Gasteiger partial charge in [0, 0.05) is 24.8 Å². The second-order valence-electron chi connectivity index (χ2n) is 11.0. The summed E-state index contributed by atoms with van der Waals surface area (Å²) in [5.41, 5.74) is 5.15. The van der Waals surface area contributed by atoms with E-state index in [4.69, 9.17) is 28.9 Å². The first-order valence-electron chi connectivity index (χ1n) is 16.0. The molecule has 0 atom stereocenters. The maximum atomic E-state index is 11.9. The molecule has 5 aromatic heterocycles. The third kappa shape index (κ3) is 9.85. The summed E-state index contributed by atoms with van der Waals surface area (Å²) in [7, 11) is 5.18. The van der Waals surface area contributed by atoms with Gasteiger partial charge in [0.1, 0.15) is 0 Å². The molecule has 14 heteroatoms. The van der Waals surface area contributed by atoms with Gasteiger partial charge >= 0.3 is 23.9 Å². The number of ether oxygens (including phenoxy) is 4. The van der Waals surface area contributed by atoms with Crippen molar-refractivity contribution < 1.29 is 38.1 Å². The third-order valence-electron chi connectivity index (χ3n) is 7.48. The van der Waals surface area contributed by atoms with Crippen LogP contribution in [-0.2, 0) is 18.9 Å². The minimum atomic E-state index is -0.506. The Morgan fingerprint density at radius 2 is 0.593 bits per heavy atom. The molecule has 54 heavy (non-hydrogen) atoms. The molecule has 0 N–H and O–H groups in total. The van der Waals surface area contributed by atoms with Gasteiger partial charge in [-0.15, -0.1) is 0 Å². The zero-order valence-corrected chi connectivity index (χ0v) is 29.5. The SMILES string of the molecule is COC(=O)c1ccc(C=Cc2nc(C=Cc3ccc(C(=O)OC)cn3)c(C=Cc3ccc(C(=O)OC)cn3)nc2C=Cc2ccc(C(=O)OC)cn2)nc1. The second-order valence-corrected chi connectivity index (χ2v) is 11.0. The number of carbonyl (C=O) groups excluding carboxylic acids is 4. The fourth-order valence-corrected chi connectivity index (χ4v) is 4.61. The molecule has 0 aliphatic carbocycles. The highest BCUT2D eigenvalue weighted by Gasteiger charge is 2.11. The molecule has 0 saturated heterocycles. The van der Waals surface area contributed by atoms with Gasteiger partial charge in [-0.05, 0) is 97.1 Å². The maximum Gasteiger partial charge on any atom is 0.339 e. The molecular formula is C40H32N6O8. The van der Waals surface area contributed by atoms with E-state index in [2.05, 4.69) is 19.9 Å². The van der Waals surface area contributed by atoms with Gasteiger partial charge in [-0.3, -0.25) is 19.9 Å². The molecule has 0 radical (unpaired) electrons. The summed E-state index contributed by atoms with van der Waals surface area (Å²) >= 11 is 0. The largest absolute Gasteiger partial charge is 0.465 e. The van der Waals surface area contributed by atoms with Gasteiger partial charge in [0.25, 0.3) is 0 Å². The van der Waals surface area contributed by atoms with E-state index >= 15 is 0 Å². The van der Waals surface area contributed by atoms with E-state index in [-0.39, 0.29) is 0 Å². The van der Waals surface area contributed by atoms with Crippen molar-refractivity contribution >= 4 is 72.5 Å². The van der Waals surface area contributed by atoms with Crippen LogP contribution in [0.3, 0.4) is 0 Å². The Kier molecular flexibility index (Phi) is 12.7.